The molecule has 2 aromatic carbocycles. The predicted octanol–water partition coefficient (Wildman–Crippen LogP) is 5.02. The van der Waals surface area contributed by atoms with Gasteiger partial charge in [0.2, 0.25) is 10.0 Å². The smallest absolute Gasteiger partial charge is 0.221 e. The Labute approximate surface area is 184 Å². The van der Waals surface area contributed by atoms with Crippen LogP contribution in [0.15, 0.2) is 72.9 Å². The highest BCUT2D eigenvalue weighted by Crippen LogP contribution is 2.38. The molecular formula is C25H28N2O3S. The summed E-state index contributed by atoms with van der Waals surface area (Å²) in [7, 11) is -3.43. The van der Waals surface area contributed by atoms with Gasteiger partial charge in [-0.2, -0.15) is 4.31 Å². The molecule has 3 aromatic rings. The number of ether oxygens (including phenoxy) is 1. The molecule has 0 aliphatic carbocycles. The first-order valence-corrected chi connectivity index (χ1v) is 12.1. The van der Waals surface area contributed by atoms with Crippen molar-refractivity contribution in [1.29, 1.82) is 0 Å². The topological polar surface area (TPSA) is 59.5 Å². The molecule has 2 atom stereocenters. The van der Waals surface area contributed by atoms with Crippen LogP contribution in [-0.4, -0.2) is 23.7 Å². The summed E-state index contributed by atoms with van der Waals surface area (Å²) >= 11 is 0. The number of hydrogen-bond acceptors (Lipinski definition) is 4. The molecule has 1 aliphatic heterocycles. The summed E-state index contributed by atoms with van der Waals surface area (Å²) in [5, 5.41) is -0.478. The van der Waals surface area contributed by atoms with Crippen LogP contribution in [0.2, 0.25) is 0 Å². The minimum Gasteiger partial charge on any atom is -0.487 e. The molecule has 0 spiro atoms. The Balaban J connectivity index is 1.45. The van der Waals surface area contributed by atoms with Gasteiger partial charge < -0.3 is 4.74 Å². The number of sulfonamides is 1. The Kier molecular flexibility index (Phi) is 6.39. The molecule has 162 valence electrons. The van der Waals surface area contributed by atoms with Crippen molar-refractivity contribution in [2.45, 2.75) is 51.1 Å². The lowest BCUT2D eigenvalue weighted by molar-refractivity contribution is 0.281. The Bertz CT molecular complexity index is 1120. The van der Waals surface area contributed by atoms with E-state index in [9.17, 15) is 8.42 Å². The minimum absolute atomic E-state index is 0.0204. The van der Waals surface area contributed by atoms with Crippen LogP contribution >= 0.6 is 0 Å². The third-order valence-electron chi connectivity index (χ3n) is 5.95. The SMILES string of the molecule is Cc1cccnc1COc1ccc(CN2[C@@H](C)CCC(c3ccccc3)S2(=O)=O)cc1. The first-order chi connectivity index (χ1) is 14.9. The summed E-state index contributed by atoms with van der Waals surface area (Å²) in [6.07, 6.45) is 3.27. The monoisotopic (exact) mass is 436 g/mol. The van der Waals surface area contributed by atoms with Crippen LogP contribution in [0.3, 0.4) is 0 Å². The van der Waals surface area contributed by atoms with Crippen molar-refractivity contribution >= 4 is 10.0 Å². The van der Waals surface area contributed by atoms with Crippen LogP contribution in [0.25, 0.3) is 0 Å². The van der Waals surface area contributed by atoms with Crippen molar-refractivity contribution in [1.82, 2.24) is 9.29 Å². The molecule has 4 rings (SSSR count). The second-order valence-corrected chi connectivity index (χ2v) is 10.2. The lowest BCUT2D eigenvalue weighted by atomic mass is 10.0. The van der Waals surface area contributed by atoms with Gasteiger partial charge in [-0.15, -0.1) is 0 Å². The van der Waals surface area contributed by atoms with Crippen LogP contribution in [0.4, 0.5) is 0 Å². The standard InChI is InChI=1S/C25H28N2O3S/c1-19-7-6-16-26-24(19)18-30-23-13-11-21(12-14-23)17-27-20(2)10-15-25(31(27,28)29)22-8-4-3-5-9-22/h3-9,11-14,16,20,25H,10,15,17-18H2,1-2H3/t20-,25?/m0/s1. The molecule has 0 amide bonds. The van der Waals surface area contributed by atoms with Crippen molar-refractivity contribution in [3.05, 3.63) is 95.3 Å². The summed E-state index contributed by atoms with van der Waals surface area (Å²) in [4.78, 5) is 4.35. The van der Waals surface area contributed by atoms with Gasteiger partial charge in [-0.25, -0.2) is 8.42 Å². The maximum absolute atomic E-state index is 13.4. The predicted molar refractivity (Wildman–Crippen MR) is 122 cm³/mol. The van der Waals surface area contributed by atoms with Gasteiger partial charge in [0, 0.05) is 18.8 Å². The number of hydrogen-bond donors (Lipinski definition) is 0. The fraction of sp³-hybridized carbons (Fsp3) is 0.320. The molecule has 0 radical (unpaired) electrons. The summed E-state index contributed by atoms with van der Waals surface area (Å²) in [5.41, 5.74) is 3.82. The molecule has 0 N–H and O–H groups in total. The van der Waals surface area contributed by atoms with Gasteiger partial charge >= 0.3 is 0 Å². The van der Waals surface area contributed by atoms with Gasteiger partial charge in [0.05, 0.1) is 5.69 Å². The molecule has 0 saturated carbocycles. The van der Waals surface area contributed by atoms with Crippen LogP contribution in [0.1, 0.15) is 47.4 Å². The first kappa shape index (κ1) is 21.5. The molecule has 2 heterocycles. The van der Waals surface area contributed by atoms with Crippen LogP contribution in [0, 0.1) is 6.92 Å². The first-order valence-electron chi connectivity index (χ1n) is 10.6. The van der Waals surface area contributed by atoms with E-state index in [-0.39, 0.29) is 6.04 Å². The summed E-state index contributed by atoms with van der Waals surface area (Å²) in [6, 6.07) is 21.1. The average molecular weight is 437 g/mol. The summed E-state index contributed by atoms with van der Waals surface area (Å²) in [6.45, 7) is 4.78. The number of pyridine rings is 1. The number of aryl methyl sites for hydroxylation is 1. The van der Waals surface area contributed by atoms with Gasteiger partial charge in [-0.05, 0) is 61.6 Å². The van der Waals surface area contributed by atoms with E-state index < -0.39 is 15.3 Å². The van der Waals surface area contributed by atoms with Crippen LogP contribution in [-0.2, 0) is 23.2 Å². The fourth-order valence-electron chi connectivity index (χ4n) is 4.04. The van der Waals surface area contributed by atoms with Crippen LogP contribution < -0.4 is 4.74 Å². The third kappa shape index (κ3) is 4.81. The maximum atomic E-state index is 13.4. The van der Waals surface area contributed by atoms with E-state index in [1.165, 1.54) is 0 Å². The Morgan fingerprint density at radius 1 is 1.00 bits per heavy atom. The van der Waals surface area contributed by atoms with E-state index in [0.29, 0.717) is 19.6 Å². The number of benzene rings is 2. The minimum atomic E-state index is -3.43. The maximum Gasteiger partial charge on any atom is 0.221 e. The Morgan fingerprint density at radius 3 is 2.45 bits per heavy atom. The number of aromatic nitrogens is 1. The molecule has 1 unspecified atom stereocenters. The normalized spacial score (nSPS) is 21.0. The zero-order chi connectivity index (χ0) is 21.8. The molecule has 0 bridgehead atoms. The highest BCUT2D eigenvalue weighted by atomic mass is 32.2. The van der Waals surface area contributed by atoms with Crippen molar-refractivity contribution < 1.29 is 13.2 Å². The average Bonchev–Trinajstić information content (AvgIpc) is 2.77. The van der Waals surface area contributed by atoms with E-state index >= 15 is 0 Å². The second-order valence-electron chi connectivity index (χ2n) is 8.12. The highest BCUT2D eigenvalue weighted by Gasteiger charge is 2.40. The van der Waals surface area contributed by atoms with E-state index in [1.54, 1.807) is 10.5 Å². The lowest BCUT2D eigenvalue weighted by Crippen LogP contribution is -2.44. The molecule has 1 saturated heterocycles. The van der Waals surface area contributed by atoms with E-state index in [2.05, 4.69) is 4.98 Å². The zero-order valence-electron chi connectivity index (χ0n) is 17.9. The van der Waals surface area contributed by atoms with E-state index in [0.717, 1.165) is 34.6 Å². The van der Waals surface area contributed by atoms with Gasteiger partial charge in [0.25, 0.3) is 0 Å². The lowest BCUT2D eigenvalue weighted by Gasteiger charge is -2.37. The molecular weight excluding hydrogens is 408 g/mol. The summed E-state index contributed by atoms with van der Waals surface area (Å²) in [5.74, 6) is 0.741. The van der Waals surface area contributed by atoms with Crippen molar-refractivity contribution in [2.24, 2.45) is 0 Å². The Hall–Kier alpha value is -2.70. The largest absolute Gasteiger partial charge is 0.487 e. The summed E-state index contributed by atoms with van der Waals surface area (Å²) < 4.78 is 34.3. The van der Waals surface area contributed by atoms with Gasteiger partial charge in [-0.3, -0.25) is 4.98 Å². The quantitative estimate of drug-likeness (QED) is 0.544. The fourth-order valence-corrected chi connectivity index (χ4v) is 6.24. The van der Waals surface area contributed by atoms with Crippen LogP contribution in [0.5, 0.6) is 5.75 Å². The molecule has 6 heteroatoms. The van der Waals surface area contributed by atoms with E-state index in [1.807, 2.05) is 80.6 Å². The highest BCUT2D eigenvalue weighted by molar-refractivity contribution is 7.89. The number of nitrogens with zero attached hydrogens (tertiary/aromatic N) is 2. The van der Waals surface area contributed by atoms with E-state index in [4.69, 9.17) is 4.74 Å². The molecule has 1 aliphatic rings. The third-order valence-corrected chi connectivity index (χ3v) is 8.32. The van der Waals surface area contributed by atoms with Crippen molar-refractivity contribution in [3.63, 3.8) is 0 Å². The van der Waals surface area contributed by atoms with Gasteiger partial charge in [0.1, 0.15) is 17.6 Å². The molecule has 5 nitrogen and oxygen atoms in total. The Morgan fingerprint density at radius 2 is 1.74 bits per heavy atom. The molecule has 31 heavy (non-hydrogen) atoms. The van der Waals surface area contributed by atoms with Crippen molar-refractivity contribution in [2.75, 3.05) is 0 Å². The van der Waals surface area contributed by atoms with Gasteiger partial charge in [-0.1, -0.05) is 48.5 Å². The van der Waals surface area contributed by atoms with Crippen molar-refractivity contribution in [3.8, 4) is 5.75 Å². The molecule has 1 aromatic heterocycles. The molecule has 1 fully saturated rings. The van der Waals surface area contributed by atoms with Gasteiger partial charge in [0.15, 0.2) is 0 Å². The number of rotatable bonds is 6. The second kappa shape index (κ2) is 9.20. The zero-order valence-corrected chi connectivity index (χ0v) is 18.8.